The summed E-state index contributed by atoms with van der Waals surface area (Å²) in [5, 5.41) is 6.39. The topological polar surface area (TPSA) is 70.7 Å². The maximum atomic E-state index is 12.8. The average molecular weight is 331 g/mol. The van der Waals surface area contributed by atoms with Gasteiger partial charge in [0, 0.05) is 13.1 Å². The summed E-state index contributed by atoms with van der Waals surface area (Å²) in [6, 6.07) is 7.61. The average Bonchev–Trinajstić information content (AvgIpc) is 2.59. The van der Waals surface area contributed by atoms with Crippen molar-refractivity contribution in [3.63, 3.8) is 0 Å². The highest BCUT2D eigenvalue weighted by atomic mass is 16.5. The van der Waals surface area contributed by atoms with Crippen LogP contribution in [0.5, 0.6) is 0 Å². The molecule has 2 heterocycles. The van der Waals surface area contributed by atoms with Crippen LogP contribution in [0.2, 0.25) is 0 Å². The monoisotopic (exact) mass is 331 g/mol. The van der Waals surface area contributed by atoms with Crippen molar-refractivity contribution in [3.05, 3.63) is 35.4 Å². The summed E-state index contributed by atoms with van der Waals surface area (Å²) < 4.78 is 5.67. The first kappa shape index (κ1) is 16.9. The third-order valence-electron chi connectivity index (χ3n) is 4.93. The number of ether oxygens (including phenoxy) is 1. The Morgan fingerprint density at radius 1 is 1.29 bits per heavy atom. The molecule has 0 saturated carbocycles. The highest BCUT2D eigenvalue weighted by molar-refractivity contribution is 5.86. The number of likely N-dealkylation sites (N-methyl/N-ethyl adjacent to an activating group) is 1. The van der Waals surface area contributed by atoms with Gasteiger partial charge < -0.3 is 20.3 Å². The lowest BCUT2D eigenvalue weighted by Gasteiger charge is -2.39. The lowest BCUT2D eigenvalue weighted by molar-refractivity contribution is -0.162. The normalized spacial score (nSPS) is 25.6. The van der Waals surface area contributed by atoms with Gasteiger partial charge in [0.05, 0.1) is 6.04 Å². The summed E-state index contributed by atoms with van der Waals surface area (Å²) in [4.78, 5) is 26.6. The summed E-state index contributed by atoms with van der Waals surface area (Å²) in [5.74, 6) is -0.233. The van der Waals surface area contributed by atoms with E-state index in [-0.39, 0.29) is 24.5 Å². The molecule has 2 atom stereocenters. The quantitative estimate of drug-likeness (QED) is 0.858. The van der Waals surface area contributed by atoms with Crippen molar-refractivity contribution in [1.82, 2.24) is 15.5 Å². The van der Waals surface area contributed by atoms with Gasteiger partial charge in [-0.3, -0.25) is 9.59 Å². The number of amides is 2. The van der Waals surface area contributed by atoms with Crippen molar-refractivity contribution >= 4 is 11.8 Å². The van der Waals surface area contributed by atoms with E-state index in [1.54, 1.807) is 11.9 Å². The second-order valence-corrected chi connectivity index (χ2v) is 6.57. The molecule has 0 bridgehead atoms. The van der Waals surface area contributed by atoms with Gasteiger partial charge in [-0.1, -0.05) is 24.3 Å². The number of hydrogen-bond acceptors (Lipinski definition) is 4. The molecule has 0 aliphatic carbocycles. The molecule has 6 heteroatoms. The summed E-state index contributed by atoms with van der Waals surface area (Å²) in [6.45, 7) is 3.76. The molecule has 1 aromatic carbocycles. The molecule has 2 fully saturated rings. The van der Waals surface area contributed by atoms with Gasteiger partial charge in [0.2, 0.25) is 5.91 Å². The van der Waals surface area contributed by atoms with Gasteiger partial charge in [0.25, 0.3) is 5.91 Å². The molecule has 0 aromatic heterocycles. The first-order valence-corrected chi connectivity index (χ1v) is 8.52. The molecule has 6 nitrogen and oxygen atoms in total. The van der Waals surface area contributed by atoms with E-state index in [9.17, 15) is 9.59 Å². The lowest BCUT2D eigenvalue weighted by atomic mass is 9.93. The number of morpholine rings is 1. The smallest absolute Gasteiger partial charge is 0.251 e. The van der Waals surface area contributed by atoms with E-state index in [1.165, 1.54) is 0 Å². The molecule has 2 saturated heterocycles. The van der Waals surface area contributed by atoms with Gasteiger partial charge in [-0.2, -0.15) is 0 Å². The van der Waals surface area contributed by atoms with Crippen molar-refractivity contribution in [3.8, 4) is 0 Å². The van der Waals surface area contributed by atoms with E-state index in [0.717, 1.165) is 37.1 Å². The van der Waals surface area contributed by atoms with Crippen LogP contribution in [0.15, 0.2) is 24.3 Å². The first-order valence-electron chi connectivity index (χ1n) is 8.52. The molecule has 24 heavy (non-hydrogen) atoms. The Bertz CT molecular complexity index is 613. The number of nitrogens with zero attached hydrogens (tertiary/aromatic N) is 1. The van der Waals surface area contributed by atoms with Crippen molar-refractivity contribution in [1.29, 1.82) is 0 Å². The third kappa shape index (κ3) is 3.44. The SMILES string of the molecule is Cc1ccccc1[C@@H]1[C@@H](C(=O)NC2CCNCC2)OCC(=O)N1C. The Morgan fingerprint density at radius 3 is 2.71 bits per heavy atom. The van der Waals surface area contributed by atoms with Gasteiger partial charge in [0.15, 0.2) is 6.10 Å². The molecule has 0 spiro atoms. The fraction of sp³-hybridized carbons (Fsp3) is 0.556. The maximum absolute atomic E-state index is 12.8. The van der Waals surface area contributed by atoms with E-state index in [0.29, 0.717) is 0 Å². The number of nitrogens with one attached hydrogen (secondary N) is 2. The highest BCUT2D eigenvalue weighted by Crippen LogP contribution is 2.31. The number of aryl methyl sites for hydroxylation is 1. The van der Waals surface area contributed by atoms with E-state index < -0.39 is 12.1 Å². The highest BCUT2D eigenvalue weighted by Gasteiger charge is 2.41. The second-order valence-electron chi connectivity index (χ2n) is 6.57. The zero-order valence-electron chi connectivity index (χ0n) is 14.2. The zero-order valence-corrected chi connectivity index (χ0v) is 14.2. The van der Waals surface area contributed by atoms with Gasteiger partial charge in [-0.05, 0) is 44.0 Å². The van der Waals surface area contributed by atoms with Gasteiger partial charge >= 0.3 is 0 Å². The molecular weight excluding hydrogens is 306 g/mol. The molecule has 0 unspecified atom stereocenters. The number of piperidine rings is 1. The molecule has 2 aliphatic rings. The summed E-state index contributed by atoms with van der Waals surface area (Å²) in [6.07, 6.45) is 1.16. The molecule has 1 aromatic rings. The van der Waals surface area contributed by atoms with Crippen LogP contribution in [-0.4, -0.2) is 55.6 Å². The second kappa shape index (κ2) is 7.32. The minimum Gasteiger partial charge on any atom is -0.356 e. The van der Waals surface area contributed by atoms with Crippen LogP contribution in [0.4, 0.5) is 0 Å². The van der Waals surface area contributed by atoms with E-state index in [4.69, 9.17) is 4.74 Å². The minimum atomic E-state index is -0.677. The molecule has 2 aliphatic heterocycles. The van der Waals surface area contributed by atoms with Crippen LogP contribution >= 0.6 is 0 Å². The van der Waals surface area contributed by atoms with Crippen LogP contribution in [0.1, 0.15) is 30.0 Å². The van der Waals surface area contributed by atoms with Crippen molar-refractivity contribution in [2.75, 3.05) is 26.7 Å². The molecular formula is C18H25N3O3. The first-order chi connectivity index (χ1) is 11.6. The Morgan fingerprint density at radius 2 is 2.00 bits per heavy atom. The molecule has 2 N–H and O–H groups in total. The van der Waals surface area contributed by atoms with E-state index in [2.05, 4.69) is 10.6 Å². The molecule has 2 amide bonds. The zero-order chi connectivity index (χ0) is 17.1. The number of carbonyl (C=O) groups excluding carboxylic acids is 2. The summed E-state index contributed by atoms with van der Waals surface area (Å²) in [5.41, 5.74) is 2.01. The van der Waals surface area contributed by atoms with Crippen LogP contribution in [0, 0.1) is 6.92 Å². The lowest BCUT2D eigenvalue weighted by Crippen LogP contribution is -2.55. The number of benzene rings is 1. The Balaban J connectivity index is 1.82. The predicted molar refractivity (Wildman–Crippen MR) is 90.5 cm³/mol. The minimum absolute atomic E-state index is 0.0524. The molecule has 0 radical (unpaired) electrons. The van der Waals surface area contributed by atoms with Crippen LogP contribution in [0.25, 0.3) is 0 Å². The van der Waals surface area contributed by atoms with Crippen LogP contribution in [-0.2, 0) is 14.3 Å². The fourth-order valence-corrected chi connectivity index (χ4v) is 3.47. The molecule has 3 rings (SSSR count). The van der Waals surface area contributed by atoms with Crippen molar-refractivity contribution < 1.29 is 14.3 Å². The number of carbonyl (C=O) groups is 2. The Hall–Kier alpha value is -1.92. The number of rotatable bonds is 3. The van der Waals surface area contributed by atoms with Gasteiger partial charge in [-0.15, -0.1) is 0 Å². The Kier molecular flexibility index (Phi) is 5.16. The van der Waals surface area contributed by atoms with E-state index >= 15 is 0 Å². The third-order valence-corrected chi connectivity index (χ3v) is 4.93. The predicted octanol–water partition coefficient (Wildman–Crippen LogP) is 0.762. The van der Waals surface area contributed by atoms with E-state index in [1.807, 2.05) is 31.2 Å². The van der Waals surface area contributed by atoms with Crippen LogP contribution < -0.4 is 10.6 Å². The van der Waals surface area contributed by atoms with Gasteiger partial charge in [0.1, 0.15) is 6.61 Å². The summed E-state index contributed by atoms with van der Waals surface area (Å²) in [7, 11) is 1.74. The van der Waals surface area contributed by atoms with Crippen molar-refractivity contribution in [2.24, 2.45) is 0 Å². The van der Waals surface area contributed by atoms with Crippen molar-refractivity contribution in [2.45, 2.75) is 38.0 Å². The van der Waals surface area contributed by atoms with Gasteiger partial charge in [-0.25, -0.2) is 0 Å². The standard InChI is InChI=1S/C18H25N3O3/c1-12-5-3-4-6-14(12)16-17(24-11-15(22)21(16)2)18(23)20-13-7-9-19-10-8-13/h3-6,13,16-17,19H,7-11H2,1-2H3,(H,20,23)/t16-,17+/m1/s1. The fourth-order valence-electron chi connectivity index (χ4n) is 3.47. The largest absolute Gasteiger partial charge is 0.356 e. The molecule has 130 valence electrons. The Labute approximate surface area is 142 Å². The number of hydrogen-bond donors (Lipinski definition) is 2. The van der Waals surface area contributed by atoms with Crippen LogP contribution in [0.3, 0.4) is 0 Å². The maximum Gasteiger partial charge on any atom is 0.251 e. The summed E-state index contributed by atoms with van der Waals surface area (Å²) >= 11 is 0.